The van der Waals surface area contributed by atoms with Gasteiger partial charge in [0.15, 0.2) is 0 Å². The van der Waals surface area contributed by atoms with Gasteiger partial charge >= 0.3 is 0 Å². The molecule has 1 aromatic rings. The molecule has 2 nitrogen and oxygen atoms in total. The van der Waals surface area contributed by atoms with Crippen LogP contribution in [0.4, 0.5) is 0 Å². The molecule has 0 saturated heterocycles. The molecule has 1 aromatic carbocycles. The number of benzene rings is 1. The molecule has 0 unspecified atom stereocenters. The second-order valence-electron chi connectivity index (χ2n) is 4.00. The molecule has 78 valence electrons. The summed E-state index contributed by atoms with van der Waals surface area (Å²) in [6.07, 6.45) is 0. The Morgan fingerprint density at radius 3 is 2.21 bits per heavy atom. The zero-order valence-electron chi connectivity index (χ0n) is 9.08. The predicted molar refractivity (Wildman–Crippen MR) is 57.7 cm³/mol. The summed E-state index contributed by atoms with van der Waals surface area (Å²) in [6.45, 7) is 6.83. The maximum atomic E-state index is 9.19. The van der Waals surface area contributed by atoms with E-state index in [2.05, 4.69) is 0 Å². The van der Waals surface area contributed by atoms with Crippen molar-refractivity contribution in [3.05, 3.63) is 29.8 Å². The average Bonchev–Trinajstić information content (AvgIpc) is 2.19. The van der Waals surface area contributed by atoms with Crippen molar-refractivity contribution in [1.82, 2.24) is 0 Å². The van der Waals surface area contributed by atoms with E-state index in [1.165, 1.54) is 0 Å². The predicted octanol–water partition coefficient (Wildman–Crippen LogP) is 2.36. The van der Waals surface area contributed by atoms with Gasteiger partial charge in [0.05, 0.1) is 13.2 Å². The van der Waals surface area contributed by atoms with Crippen LogP contribution in [0.5, 0.6) is 5.75 Å². The van der Waals surface area contributed by atoms with E-state index in [1.807, 2.05) is 45.0 Å². The molecule has 0 aliphatic heterocycles. The van der Waals surface area contributed by atoms with Crippen LogP contribution in [0, 0.1) is 0 Å². The van der Waals surface area contributed by atoms with Gasteiger partial charge in [-0.3, -0.25) is 0 Å². The Kier molecular flexibility index (Phi) is 3.53. The zero-order valence-corrected chi connectivity index (χ0v) is 9.08. The molecule has 2 heteroatoms. The van der Waals surface area contributed by atoms with Crippen molar-refractivity contribution in [3.63, 3.8) is 0 Å². The number of hydrogen-bond donors (Lipinski definition) is 1. The van der Waals surface area contributed by atoms with E-state index in [1.54, 1.807) is 0 Å². The van der Waals surface area contributed by atoms with Gasteiger partial charge in [0, 0.05) is 5.41 Å². The van der Waals surface area contributed by atoms with Crippen molar-refractivity contribution >= 4 is 0 Å². The first-order chi connectivity index (χ1) is 6.60. The summed E-state index contributed by atoms with van der Waals surface area (Å²) in [7, 11) is 0. The van der Waals surface area contributed by atoms with E-state index >= 15 is 0 Å². The van der Waals surface area contributed by atoms with Gasteiger partial charge in [-0.05, 0) is 24.6 Å². The Bertz CT molecular complexity index is 275. The monoisotopic (exact) mass is 194 g/mol. The topological polar surface area (TPSA) is 29.5 Å². The molecule has 0 atom stereocenters. The van der Waals surface area contributed by atoms with Gasteiger partial charge in [0.25, 0.3) is 0 Å². The normalized spacial score (nSPS) is 11.4. The van der Waals surface area contributed by atoms with E-state index in [-0.39, 0.29) is 12.0 Å². The third-order valence-corrected chi connectivity index (χ3v) is 2.34. The summed E-state index contributed by atoms with van der Waals surface area (Å²) < 4.78 is 5.34. The quantitative estimate of drug-likeness (QED) is 0.797. The molecule has 14 heavy (non-hydrogen) atoms. The van der Waals surface area contributed by atoms with Crippen LogP contribution in [0.1, 0.15) is 26.3 Å². The summed E-state index contributed by atoms with van der Waals surface area (Å²) in [4.78, 5) is 0. The van der Waals surface area contributed by atoms with Crippen molar-refractivity contribution in [2.45, 2.75) is 26.2 Å². The van der Waals surface area contributed by atoms with Crippen LogP contribution < -0.4 is 4.74 Å². The highest BCUT2D eigenvalue weighted by molar-refractivity contribution is 5.31. The van der Waals surface area contributed by atoms with Gasteiger partial charge in [-0.2, -0.15) is 0 Å². The molecule has 0 fully saturated rings. The SMILES string of the molecule is CCOc1ccc(C(C)(C)CO)cc1. The van der Waals surface area contributed by atoms with Crippen molar-refractivity contribution in [3.8, 4) is 5.75 Å². The fraction of sp³-hybridized carbons (Fsp3) is 0.500. The molecule has 0 saturated carbocycles. The van der Waals surface area contributed by atoms with Crippen molar-refractivity contribution < 1.29 is 9.84 Å². The molecular formula is C12H18O2. The molecule has 1 N–H and O–H groups in total. The maximum Gasteiger partial charge on any atom is 0.119 e. The lowest BCUT2D eigenvalue weighted by Crippen LogP contribution is -2.21. The van der Waals surface area contributed by atoms with Crippen molar-refractivity contribution in [1.29, 1.82) is 0 Å². The van der Waals surface area contributed by atoms with E-state index < -0.39 is 0 Å². The first-order valence-corrected chi connectivity index (χ1v) is 4.94. The summed E-state index contributed by atoms with van der Waals surface area (Å²) in [6, 6.07) is 7.88. The smallest absolute Gasteiger partial charge is 0.119 e. The fourth-order valence-electron chi connectivity index (χ4n) is 1.26. The molecule has 0 aliphatic rings. The van der Waals surface area contributed by atoms with Gasteiger partial charge < -0.3 is 9.84 Å². The van der Waals surface area contributed by atoms with Crippen molar-refractivity contribution in [2.24, 2.45) is 0 Å². The third kappa shape index (κ3) is 2.48. The van der Waals surface area contributed by atoms with Crippen LogP contribution in [-0.2, 0) is 5.41 Å². The van der Waals surface area contributed by atoms with E-state index in [0.29, 0.717) is 6.61 Å². The lowest BCUT2D eigenvalue weighted by atomic mass is 9.86. The van der Waals surface area contributed by atoms with Crippen LogP contribution in [0.15, 0.2) is 24.3 Å². The van der Waals surface area contributed by atoms with Gasteiger partial charge in [0.2, 0.25) is 0 Å². The highest BCUT2D eigenvalue weighted by Gasteiger charge is 2.18. The van der Waals surface area contributed by atoms with Crippen molar-refractivity contribution in [2.75, 3.05) is 13.2 Å². The molecule has 0 amide bonds. The van der Waals surface area contributed by atoms with Crippen LogP contribution >= 0.6 is 0 Å². The van der Waals surface area contributed by atoms with Gasteiger partial charge in [-0.15, -0.1) is 0 Å². The van der Waals surface area contributed by atoms with Crippen LogP contribution in [0.25, 0.3) is 0 Å². The number of aliphatic hydroxyl groups is 1. The van der Waals surface area contributed by atoms with Gasteiger partial charge in [-0.25, -0.2) is 0 Å². The molecule has 0 spiro atoms. The van der Waals surface area contributed by atoms with Gasteiger partial charge in [-0.1, -0.05) is 26.0 Å². The molecular weight excluding hydrogens is 176 g/mol. The lowest BCUT2D eigenvalue weighted by Gasteiger charge is -2.22. The first kappa shape index (κ1) is 11.1. The van der Waals surface area contributed by atoms with Crippen LogP contribution in [0.3, 0.4) is 0 Å². The Hall–Kier alpha value is -1.02. The number of ether oxygens (including phenoxy) is 1. The van der Waals surface area contributed by atoms with Crippen LogP contribution in [0.2, 0.25) is 0 Å². The molecule has 1 rings (SSSR count). The third-order valence-electron chi connectivity index (χ3n) is 2.34. The first-order valence-electron chi connectivity index (χ1n) is 4.94. The minimum atomic E-state index is -0.176. The minimum absolute atomic E-state index is 0.154. The summed E-state index contributed by atoms with van der Waals surface area (Å²) in [5.41, 5.74) is 0.952. The Morgan fingerprint density at radius 1 is 1.21 bits per heavy atom. The largest absolute Gasteiger partial charge is 0.494 e. The average molecular weight is 194 g/mol. The Morgan fingerprint density at radius 2 is 1.79 bits per heavy atom. The summed E-state index contributed by atoms with van der Waals surface area (Å²) in [5.74, 6) is 0.880. The van der Waals surface area contributed by atoms with E-state index in [0.717, 1.165) is 11.3 Å². The second-order valence-corrected chi connectivity index (χ2v) is 4.00. The fourth-order valence-corrected chi connectivity index (χ4v) is 1.26. The highest BCUT2D eigenvalue weighted by atomic mass is 16.5. The number of hydrogen-bond acceptors (Lipinski definition) is 2. The Labute approximate surface area is 85.5 Å². The van der Waals surface area contributed by atoms with Crippen LogP contribution in [-0.4, -0.2) is 18.3 Å². The lowest BCUT2D eigenvalue weighted by molar-refractivity contribution is 0.218. The summed E-state index contributed by atoms with van der Waals surface area (Å²) in [5, 5.41) is 9.19. The molecule has 0 aliphatic carbocycles. The van der Waals surface area contributed by atoms with E-state index in [9.17, 15) is 5.11 Å². The highest BCUT2D eigenvalue weighted by Crippen LogP contribution is 2.24. The molecule has 0 bridgehead atoms. The molecule has 0 aromatic heterocycles. The molecule has 0 radical (unpaired) electrons. The maximum absolute atomic E-state index is 9.19. The summed E-state index contributed by atoms with van der Waals surface area (Å²) >= 11 is 0. The molecule has 0 heterocycles. The van der Waals surface area contributed by atoms with Gasteiger partial charge in [0.1, 0.15) is 5.75 Å². The minimum Gasteiger partial charge on any atom is -0.494 e. The van der Waals surface area contributed by atoms with E-state index in [4.69, 9.17) is 4.74 Å². The number of rotatable bonds is 4. The Balaban J connectivity index is 2.82. The second kappa shape index (κ2) is 4.47. The standard InChI is InChI=1S/C12H18O2/c1-4-14-11-7-5-10(6-8-11)12(2,3)9-13/h5-8,13H,4,9H2,1-3H3. The number of aliphatic hydroxyl groups excluding tert-OH is 1. The zero-order chi connectivity index (χ0) is 10.6.